The van der Waals surface area contributed by atoms with Crippen LogP contribution in [-0.4, -0.2) is 24.5 Å². The standard InChI is InChI=1S/C23H16BrFN2O4/c1-3-5-15-11-14(13-19(24)20(15)31-10-4-2)12-18-21(28)26-23(30)27(22(18)29)17-8-6-16(25)7-9-17/h2-3,6-9,11-13H,1,5,10H2,(H,26,28,30)/b18-12+. The predicted molar refractivity (Wildman–Crippen MR) is 118 cm³/mol. The van der Waals surface area contributed by atoms with Crippen LogP contribution < -0.4 is 15.0 Å². The number of hydrogen-bond donors (Lipinski definition) is 1. The third-order valence-corrected chi connectivity index (χ3v) is 4.89. The first-order chi connectivity index (χ1) is 14.8. The number of halogens is 2. The topological polar surface area (TPSA) is 75.7 Å². The molecule has 0 saturated carbocycles. The average molecular weight is 483 g/mol. The Morgan fingerprint density at radius 1 is 1.23 bits per heavy atom. The van der Waals surface area contributed by atoms with Crippen molar-refractivity contribution in [3.63, 3.8) is 0 Å². The molecule has 8 heteroatoms. The highest BCUT2D eigenvalue weighted by atomic mass is 79.9. The third kappa shape index (κ3) is 4.73. The van der Waals surface area contributed by atoms with Gasteiger partial charge in [0, 0.05) is 0 Å². The number of urea groups is 1. The van der Waals surface area contributed by atoms with E-state index in [0.29, 0.717) is 22.2 Å². The van der Waals surface area contributed by atoms with Crippen molar-refractivity contribution in [2.24, 2.45) is 0 Å². The molecule has 1 heterocycles. The summed E-state index contributed by atoms with van der Waals surface area (Å²) in [6.07, 6.45) is 8.75. The first-order valence-corrected chi connectivity index (χ1v) is 9.81. The molecule has 156 valence electrons. The highest BCUT2D eigenvalue weighted by Crippen LogP contribution is 2.33. The molecular weight excluding hydrogens is 467 g/mol. The maximum atomic E-state index is 13.2. The summed E-state index contributed by atoms with van der Waals surface area (Å²) in [5.74, 6) is 0.747. The fraction of sp³-hybridized carbons (Fsp3) is 0.0870. The van der Waals surface area contributed by atoms with E-state index < -0.39 is 23.7 Å². The number of nitrogens with zero attached hydrogens (tertiary/aromatic N) is 1. The van der Waals surface area contributed by atoms with E-state index in [9.17, 15) is 18.8 Å². The Bertz CT molecular complexity index is 1150. The van der Waals surface area contributed by atoms with Gasteiger partial charge in [0.2, 0.25) is 0 Å². The first-order valence-electron chi connectivity index (χ1n) is 9.02. The lowest BCUT2D eigenvalue weighted by Gasteiger charge is -2.26. The smallest absolute Gasteiger partial charge is 0.335 e. The third-order valence-electron chi connectivity index (χ3n) is 4.30. The van der Waals surface area contributed by atoms with Crippen LogP contribution in [0.5, 0.6) is 5.75 Å². The summed E-state index contributed by atoms with van der Waals surface area (Å²) in [6.45, 7) is 3.79. The van der Waals surface area contributed by atoms with Crippen LogP contribution in [0.15, 0.2) is 59.1 Å². The van der Waals surface area contributed by atoms with Crippen molar-refractivity contribution in [3.8, 4) is 18.1 Å². The zero-order valence-corrected chi connectivity index (χ0v) is 17.7. The summed E-state index contributed by atoms with van der Waals surface area (Å²) < 4.78 is 19.4. The molecule has 6 nitrogen and oxygen atoms in total. The zero-order valence-electron chi connectivity index (χ0n) is 16.2. The van der Waals surface area contributed by atoms with Crippen molar-refractivity contribution < 1.29 is 23.5 Å². The molecule has 1 saturated heterocycles. The molecule has 2 aromatic carbocycles. The minimum Gasteiger partial charge on any atom is -0.479 e. The average Bonchev–Trinajstić information content (AvgIpc) is 2.72. The number of barbiturate groups is 1. The van der Waals surface area contributed by atoms with E-state index >= 15 is 0 Å². The molecule has 0 radical (unpaired) electrons. The van der Waals surface area contributed by atoms with E-state index in [-0.39, 0.29) is 17.9 Å². The molecule has 1 aliphatic heterocycles. The number of anilines is 1. The van der Waals surface area contributed by atoms with Gasteiger partial charge in [-0.2, -0.15) is 0 Å². The minimum atomic E-state index is -0.912. The van der Waals surface area contributed by atoms with Gasteiger partial charge in [0.1, 0.15) is 23.7 Å². The van der Waals surface area contributed by atoms with Crippen LogP contribution in [0, 0.1) is 18.2 Å². The van der Waals surface area contributed by atoms with E-state index in [1.54, 1.807) is 18.2 Å². The molecular formula is C23H16BrFN2O4. The van der Waals surface area contributed by atoms with Crippen molar-refractivity contribution in [3.05, 3.63) is 76.0 Å². The SMILES string of the molecule is C#CCOc1c(Br)cc(/C=C2\C(=O)NC(=O)N(c3ccc(F)cc3)C2=O)cc1CC=C. The van der Waals surface area contributed by atoms with E-state index in [1.807, 2.05) is 0 Å². The monoisotopic (exact) mass is 482 g/mol. The molecule has 4 amide bonds. The van der Waals surface area contributed by atoms with Crippen LogP contribution in [0.2, 0.25) is 0 Å². The van der Waals surface area contributed by atoms with E-state index in [4.69, 9.17) is 11.2 Å². The van der Waals surface area contributed by atoms with Gasteiger partial charge >= 0.3 is 6.03 Å². The van der Waals surface area contributed by atoms with Crippen molar-refractivity contribution in [2.75, 3.05) is 11.5 Å². The van der Waals surface area contributed by atoms with Gasteiger partial charge in [-0.3, -0.25) is 14.9 Å². The van der Waals surface area contributed by atoms with Crippen molar-refractivity contribution in [1.82, 2.24) is 5.32 Å². The van der Waals surface area contributed by atoms with Gasteiger partial charge in [-0.15, -0.1) is 13.0 Å². The fourth-order valence-electron chi connectivity index (χ4n) is 2.99. The highest BCUT2D eigenvalue weighted by molar-refractivity contribution is 9.10. The minimum absolute atomic E-state index is 0.0683. The Hall–Kier alpha value is -3.70. The molecule has 2 aromatic rings. The Morgan fingerprint density at radius 3 is 2.58 bits per heavy atom. The number of carbonyl (C=O) groups excluding carboxylic acids is 3. The number of allylic oxidation sites excluding steroid dienone is 1. The molecule has 1 aliphatic rings. The molecule has 1 fully saturated rings. The molecule has 1 N–H and O–H groups in total. The van der Waals surface area contributed by atoms with Crippen molar-refractivity contribution >= 4 is 45.5 Å². The second-order valence-electron chi connectivity index (χ2n) is 6.41. The Morgan fingerprint density at radius 2 is 1.94 bits per heavy atom. The van der Waals surface area contributed by atoms with E-state index in [2.05, 4.69) is 33.7 Å². The molecule has 0 unspecified atom stereocenters. The summed E-state index contributed by atoms with van der Waals surface area (Å²) in [6, 6.07) is 7.25. The van der Waals surface area contributed by atoms with Crippen LogP contribution >= 0.6 is 15.9 Å². The number of carbonyl (C=O) groups is 3. The molecule has 0 aromatic heterocycles. The number of nitrogens with one attached hydrogen (secondary N) is 1. The van der Waals surface area contributed by atoms with Gasteiger partial charge in [0.05, 0.1) is 10.2 Å². The van der Waals surface area contributed by atoms with Crippen LogP contribution in [0.25, 0.3) is 6.08 Å². The van der Waals surface area contributed by atoms with Gasteiger partial charge < -0.3 is 4.74 Å². The van der Waals surface area contributed by atoms with Crippen molar-refractivity contribution in [1.29, 1.82) is 0 Å². The number of benzene rings is 2. The number of hydrogen-bond acceptors (Lipinski definition) is 4. The maximum Gasteiger partial charge on any atom is 0.335 e. The van der Waals surface area contributed by atoms with Gasteiger partial charge in [0.25, 0.3) is 11.8 Å². The second kappa shape index (κ2) is 9.41. The number of amides is 4. The Labute approximate surface area is 186 Å². The summed E-state index contributed by atoms with van der Waals surface area (Å²) in [7, 11) is 0. The van der Waals surface area contributed by atoms with Crippen molar-refractivity contribution in [2.45, 2.75) is 6.42 Å². The van der Waals surface area contributed by atoms with Gasteiger partial charge in [-0.05, 0) is 76.0 Å². The number of ether oxygens (including phenoxy) is 1. The van der Waals surface area contributed by atoms with E-state index in [1.165, 1.54) is 18.2 Å². The van der Waals surface area contributed by atoms with Gasteiger partial charge in [0.15, 0.2) is 0 Å². The van der Waals surface area contributed by atoms with Crippen LogP contribution in [0.4, 0.5) is 14.9 Å². The largest absolute Gasteiger partial charge is 0.479 e. The number of terminal acetylenes is 1. The molecule has 0 atom stereocenters. The fourth-order valence-corrected chi connectivity index (χ4v) is 3.62. The first kappa shape index (κ1) is 22.0. The lowest BCUT2D eigenvalue weighted by molar-refractivity contribution is -0.122. The van der Waals surface area contributed by atoms with Gasteiger partial charge in [-0.25, -0.2) is 14.1 Å². The lowest BCUT2D eigenvalue weighted by Crippen LogP contribution is -2.54. The molecule has 0 spiro atoms. The van der Waals surface area contributed by atoms with Crippen LogP contribution in [-0.2, 0) is 16.0 Å². The maximum absolute atomic E-state index is 13.2. The number of rotatable bonds is 6. The Balaban J connectivity index is 2.03. The Kier molecular flexibility index (Phi) is 6.68. The summed E-state index contributed by atoms with van der Waals surface area (Å²) >= 11 is 3.42. The summed E-state index contributed by atoms with van der Waals surface area (Å²) in [5.41, 5.74) is 1.14. The molecule has 31 heavy (non-hydrogen) atoms. The zero-order chi connectivity index (χ0) is 22.5. The van der Waals surface area contributed by atoms with Crippen LogP contribution in [0.3, 0.4) is 0 Å². The lowest BCUT2D eigenvalue weighted by atomic mass is 10.0. The molecule has 0 bridgehead atoms. The number of imide groups is 2. The summed E-state index contributed by atoms with van der Waals surface area (Å²) in [5, 5.41) is 2.13. The molecule has 0 aliphatic carbocycles. The second-order valence-corrected chi connectivity index (χ2v) is 7.27. The quantitative estimate of drug-likeness (QED) is 0.292. The normalized spacial score (nSPS) is 14.9. The van der Waals surface area contributed by atoms with Crippen LogP contribution in [0.1, 0.15) is 11.1 Å². The highest BCUT2D eigenvalue weighted by Gasteiger charge is 2.36. The van der Waals surface area contributed by atoms with Gasteiger partial charge in [-0.1, -0.05) is 12.0 Å². The van der Waals surface area contributed by atoms with E-state index in [0.717, 1.165) is 22.6 Å². The predicted octanol–water partition coefficient (Wildman–Crippen LogP) is 4.00. The molecule has 3 rings (SSSR count). The summed E-state index contributed by atoms with van der Waals surface area (Å²) in [4.78, 5) is 38.3.